The monoisotopic (exact) mass is 436 g/mol. The van der Waals surface area contributed by atoms with Crippen LogP contribution < -0.4 is 0 Å². The summed E-state index contributed by atoms with van der Waals surface area (Å²) in [4.78, 5) is 0. The van der Waals surface area contributed by atoms with Crippen molar-refractivity contribution in [3.05, 3.63) is 24.3 Å². The number of hydrogen-bond acceptors (Lipinski definition) is 2. The van der Waals surface area contributed by atoms with Crippen LogP contribution in [0.4, 0.5) is 0 Å². The van der Waals surface area contributed by atoms with Gasteiger partial charge in [-0.15, -0.1) is 0 Å². The van der Waals surface area contributed by atoms with Crippen LogP contribution in [0, 0.1) is 0 Å². The molecular weight excluding hydrogens is 380 g/mol. The van der Waals surface area contributed by atoms with Crippen molar-refractivity contribution in [3.63, 3.8) is 0 Å². The van der Waals surface area contributed by atoms with Gasteiger partial charge in [-0.3, -0.25) is 0 Å². The molecule has 0 rings (SSSR count). The lowest BCUT2D eigenvalue weighted by Gasteiger charge is -2.05. The van der Waals surface area contributed by atoms with Gasteiger partial charge in [0, 0.05) is 6.61 Å². The van der Waals surface area contributed by atoms with Crippen molar-refractivity contribution in [1.29, 1.82) is 0 Å². The van der Waals surface area contributed by atoms with Gasteiger partial charge in [0.2, 0.25) is 0 Å². The highest BCUT2D eigenvalue weighted by atomic mass is 16.7. The molecule has 0 aliphatic rings. The van der Waals surface area contributed by atoms with E-state index in [-0.39, 0.29) is 0 Å². The van der Waals surface area contributed by atoms with Crippen LogP contribution in [0.3, 0.4) is 0 Å². The fourth-order valence-corrected chi connectivity index (χ4v) is 3.69. The second-order valence-corrected chi connectivity index (χ2v) is 8.98. The van der Waals surface area contributed by atoms with E-state index in [1.165, 1.54) is 122 Å². The van der Waals surface area contributed by atoms with Crippen molar-refractivity contribution < 1.29 is 9.47 Å². The van der Waals surface area contributed by atoms with Crippen LogP contribution >= 0.6 is 0 Å². The molecule has 0 aliphatic heterocycles. The number of ether oxygens (including phenoxy) is 2. The second-order valence-electron chi connectivity index (χ2n) is 8.98. The van der Waals surface area contributed by atoms with Crippen LogP contribution in [-0.4, -0.2) is 20.0 Å². The standard InChI is InChI=1S/C29H56O2/c1-3-5-7-9-11-13-14-15-16-17-18-19-20-22-24-26-28-31-29-30-27-25-23-21-12-10-8-6-4-2/h9,11,22,24H,3-8,10,12-21,23,25-29H2,1-2H3/b11-9-,24-22-. The molecule has 0 aromatic heterocycles. The number of hydrogen-bond donors (Lipinski definition) is 0. The average Bonchev–Trinajstić information content (AvgIpc) is 2.78. The van der Waals surface area contributed by atoms with E-state index >= 15 is 0 Å². The van der Waals surface area contributed by atoms with Crippen molar-refractivity contribution in [3.8, 4) is 0 Å². The Morgan fingerprint density at radius 2 is 0.806 bits per heavy atom. The zero-order valence-corrected chi connectivity index (χ0v) is 21.4. The van der Waals surface area contributed by atoms with E-state index in [4.69, 9.17) is 9.47 Å². The third-order valence-electron chi connectivity index (χ3n) is 5.79. The molecule has 0 atom stereocenters. The first kappa shape index (κ1) is 30.4. The molecule has 0 saturated heterocycles. The lowest BCUT2D eigenvalue weighted by Crippen LogP contribution is -2.02. The molecule has 0 saturated carbocycles. The molecule has 0 amide bonds. The molecule has 31 heavy (non-hydrogen) atoms. The zero-order valence-electron chi connectivity index (χ0n) is 21.4. The molecule has 184 valence electrons. The summed E-state index contributed by atoms with van der Waals surface area (Å²) < 4.78 is 11.1. The van der Waals surface area contributed by atoms with Gasteiger partial charge < -0.3 is 9.47 Å². The van der Waals surface area contributed by atoms with Gasteiger partial charge in [-0.1, -0.05) is 122 Å². The SMILES string of the molecule is CCCC/C=C\CCCCCCCC/C=C\CCOCOCCCCCCCCCC. The van der Waals surface area contributed by atoms with E-state index in [9.17, 15) is 0 Å². The number of rotatable bonds is 26. The topological polar surface area (TPSA) is 18.5 Å². The summed E-state index contributed by atoms with van der Waals surface area (Å²) in [6.07, 6.45) is 35.8. The first-order valence-corrected chi connectivity index (χ1v) is 13.9. The van der Waals surface area contributed by atoms with Crippen LogP contribution in [0.1, 0.15) is 142 Å². The third kappa shape index (κ3) is 29.4. The number of unbranched alkanes of at least 4 members (excludes halogenated alkanes) is 16. The van der Waals surface area contributed by atoms with Gasteiger partial charge in [0.15, 0.2) is 0 Å². The van der Waals surface area contributed by atoms with Gasteiger partial charge in [-0.05, 0) is 44.9 Å². The summed E-state index contributed by atoms with van der Waals surface area (Å²) in [6, 6.07) is 0. The molecule has 0 fully saturated rings. The summed E-state index contributed by atoms with van der Waals surface area (Å²) >= 11 is 0. The highest BCUT2D eigenvalue weighted by Gasteiger charge is 1.93. The largest absolute Gasteiger partial charge is 0.355 e. The van der Waals surface area contributed by atoms with Crippen LogP contribution in [0.25, 0.3) is 0 Å². The van der Waals surface area contributed by atoms with Crippen molar-refractivity contribution >= 4 is 0 Å². The molecule has 0 bridgehead atoms. The first-order chi connectivity index (χ1) is 15.4. The minimum Gasteiger partial charge on any atom is -0.355 e. The van der Waals surface area contributed by atoms with E-state index in [0.717, 1.165) is 19.6 Å². The Morgan fingerprint density at radius 3 is 1.39 bits per heavy atom. The summed E-state index contributed by atoms with van der Waals surface area (Å²) in [7, 11) is 0. The Morgan fingerprint density at radius 1 is 0.387 bits per heavy atom. The normalized spacial score (nSPS) is 11.9. The van der Waals surface area contributed by atoms with Crippen LogP contribution in [-0.2, 0) is 9.47 Å². The fourth-order valence-electron chi connectivity index (χ4n) is 3.69. The van der Waals surface area contributed by atoms with Gasteiger partial charge >= 0.3 is 0 Å². The summed E-state index contributed by atoms with van der Waals surface area (Å²) in [5.74, 6) is 0. The molecule has 2 heteroatoms. The van der Waals surface area contributed by atoms with Crippen molar-refractivity contribution in [2.45, 2.75) is 142 Å². The Bertz CT molecular complexity index is 362. The summed E-state index contributed by atoms with van der Waals surface area (Å²) in [5.41, 5.74) is 0. The smallest absolute Gasteiger partial charge is 0.146 e. The van der Waals surface area contributed by atoms with E-state index < -0.39 is 0 Å². The van der Waals surface area contributed by atoms with Gasteiger partial charge in [-0.2, -0.15) is 0 Å². The quantitative estimate of drug-likeness (QED) is 0.0762. The molecular formula is C29H56O2. The predicted octanol–water partition coefficient (Wildman–Crippen LogP) is 9.93. The molecule has 0 spiro atoms. The highest BCUT2D eigenvalue weighted by Crippen LogP contribution is 2.10. The Balaban J connectivity index is 3.10. The van der Waals surface area contributed by atoms with Crippen molar-refractivity contribution in [2.75, 3.05) is 20.0 Å². The van der Waals surface area contributed by atoms with Crippen LogP contribution in [0.15, 0.2) is 24.3 Å². The molecule has 0 unspecified atom stereocenters. The van der Waals surface area contributed by atoms with Gasteiger partial charge in [0.05, 0.1) is 6.61 Å². The Kier molecular flexibility index (Phi) is 28.8. The average molecular weight is 437 g/mol. The molecule has 0 aromatic rings. The zero-order chi connectivity index (χ0) is 22.5. The summed E-state index contributed by atoms with van der Waals surface area (Å²) in [6.45, 7) is 6.61. The van der Waals surface area contributed by atoms with E-state index in [0.29, 0.717) is 6.79 Å². The van der Waals surface area contributed by atoms with Crippen molar-refractivity contribution in [1.82, 2.24) is 0 Å². The highest BCUT2D eigenvalue weighted by molar-refractivity contribution is 4.82. The van der Waals surface area contributed by atoms with Crippen LogP contribution in [0.2, 0.25) is 0 Å². The van der Waals surface area contributed by atoms with Gasteiger partial charge in [0.1, 0.15) is 6.79 Å². The van der Waals surface area contributed by atoms with Gasteiger partial charge in [-0.25, -0.2) is 0 Å². The molecule has 2 nitrogen and oxygen atoms in total. The molecule has 0 heterocycles. The number of allylic oxidation sites excluding steroid dienone is 3. The van der Waals surface area contributed by atoms with E-state index in [1.807, 2.05) is 0 Å². The molecule has 0 N–H and O–H groups in total. The predicted molar refractivity (Wildman–Crippen MR) is 139 cm³/mol. The maximum Gasteiger partial charge on any atom is 0.146 e. The molecule has 0 radical (unpaired) electrons. The minimum atomic E-state index is 0.457. The van der Waals surface area contributed by atoms with E-state index in [1.54, 1.807) is 0 Å². The molecule has 0 aliphatic carbocycles. The fraction of sp³-hybridized carbons (Fsp3) is 0.862. The van der Waals surface area contributed by atoms with Gasteiger partial charge in [0.25, 0.3) is 0 Å². The first-order valence-electron chi connectivity index (χ1n) is 13.9. The second kappa shape index (κ2) is 29.4. The third-order valence-corrected chi connectivity index (χ3v) is 5.79. The maximum absolute atomic E-state index is 5.56. The molecule has 0 aromatic carbocycles. The maximum atomic E-state index is 5.56. The minimum absolute atomic E-state index is 0.457. The lowest BCUT2D eigenvalue weighted by atomic mass is 10.1. The van der Waals surface area contributed by atoms with Crippen molar-refractivity contribution in [2.24, 2.45) is 0 Å². The summed E-state index contributed by atoms with van der Waals surface area (Å²) in [5, 5.41) is 0. The lowest BCUT2D eigenvalue weighted by molar-refractivity contribution is -0.0531. The Labute approximate surface area is 196 Å². The van der Waals surface area contributed by atoms with E-state index in [2.05, 4.69) is 38.2 Å². The Hall–Kier alpha value is -0.600. The van der Waals surface area contributed by atoms with Crippen LogP contribution in [0.5, 0.6) is 0 Å².